The number of nitrogens with zero attached hydrogens (tertiary/aromatic N) is 1. The summed E-state index contributed by atoms with van der Waals surface area (Å²) >= 11 is 0.435. The average molecular weight is 325 g/mol. The second-order valence-corrected chi connectivity index (χ2v) is 4.75. The van der Waals surface area contributed by atoms with Crippen molar-refractivity contribution in [2.24, 2.45) is 5.73 Å². The van der Waals surface area contributed by atoms with Gasteiger partial charge in [0, 0.05) is 6.42 Å². The number of primary amides is 1. The fourth-order valence-electron chi connectivity index (χ4n) is 1.38. The van der Waals surface area contributed by atoms with Crippen molar-refractivity contribution < 1.29 is 32.7 Å². The first-order chi connectivity index (χ1) is 9.62. The van der Waals surface area contributed by atoms with Crippen LogP contribution in [0.4, 0.5) is 13.2 Å². The summed E-state index contributed by atoms with van der Waals surface area (Å²) in [6.45, 7) is 0. The number of nitrogens with one attached hydrogen (secondary N) is 1. The Balaban J connectivity index is 2.86. The number of carbonyl (C=O) groups excluding carboxylic acids is 2. The van der Waals surface area contributed by atoms with E-state index in [2.05, 4.69) is 4.98 Å². The molecule has 0 aliphatic rings. The monoisotopic (exact) mass is 325 g/mol. The number of aliphatic carboxylic acids is 1. The van der Waals surface area contributed by atoms with E-state index < -0.39 is 40.6 Å². The molecule has 1 rings (SSSR count). The molecule has 0 aliphatic heterocycles. The van der Waals surface area contributed by atoms with Gasteiger partial charge in [-0.1, -0.05) is 0 Å². The van der Waals surface area contributed by atoms with E-state index in [1.807, 2.05) is 5.32 Å². The molecule has 1 aromatic rings. The van der Waals surface area contributed by atoms with Crippen LogP contribution in [0.2, 0.25) is 0 Å². The molecule has 0 saturated heterocycles. The molecule has 0 aromatic carbocycles. The smallest absolute Gasteiger partial charge is 0.434 e. The van der Waals surface area contributed by atoms with Gasteiger partial charge in [0.05, 0.1) is 5.51 Å². The predicted molar refractivity (Wildman–Crippen MR) is 64.4 cm³/mol. The maximum Gasteiger partial charge on any atom is 0.434 e. The van der Waals surface area contributed by atoms with E-state index in [-0.39, 0.29) is 12.8 Å². The number of carboxylic acid groups (broad SMARTS) is 1. The van der Waals surface area contributed by atoms with Gasteiger partial charge in [0.25, 0.3) is 5.91 Å². The van der Waals surface area contributed by atoms with E-state index in [1.165, 1.54) is 0 Å². The Morgan fingerprint density at radius 3 is 2.52 bits per heavy atom. The Hall–Kier alpha value is -2.17. The third-order valence-corrected chi connectivity index (χ3v) is 3.15. The molecule has 1 heterocycles. The molecule has 21 heavy (non-hydrogen) atoms. The Morgan fingerprint density at radius 2 is 2.05 bits per heavy atom. The van der Waals surface area contributed by atoms with Crippen LogP contribution in [0.1, 0.15) is 28.2 Å². The molecule has 0 spiro atoms. The summed E-state index contributed by atoms with van der Waals surface area (Å²) < 4.78 is 37.7. The van der Waals surface area contributed by atoms with Crippen LogP contribution in [0.25, 0.3) is 0 Å². The first-order valence-corrected chi connectivity index (χ1v) is 6.33. The van der Waals surface area contributed by atoms with Gasteiger partial charge >= 0.3 is 12.1 Å². The minimum Gasteiger partial charge on any atom is -0.480 e. The Morgan fingerprint density at radius 1 is 1.43 bits per heavy atom. The van der Waals surface area contributed by atoms with Crippen LogP contribution < -0.4 is 11.1 Å². The van der Waals surface area contributed by atoms with Crippen molar-refractivity contribution in [1.29, 1.82) is 0 Å². The highest BCUT2D eigenvalue weighted by Gasteiger charge is 2.39. The summed E-state index contributed by atoms with van der Waals surface area (Å²) in [5, 5.41) is 10.8. The Kier molecular flexibility index (Phi) is 5.24. The molecule has 2 amide bonds. The van der Waals surface area contributed by atoms with E-state index >= 15 is 0 Å². The van der Waals surface area contributed by atoms with Crippen molar-refractivity contribution in [3.8, 4) is 0 Å². The molecule has 11 heteroatoms. The van der Waals surface area contributed by atoms with Crippen LogP contribution in [0.5, 0.6) is 0 Å². The van der Waals surface area contributed by atoms with E-state index in [0.717, 1.165) is 5.51 Å². The molecule has 4 N–H and O–H groups in total. The van der Waals surface area contributed by atoms with Crippen molar-refractivity contribution in [2.45, 2.75) is 25.1 Å². The zero-order chi connectivity index (χ0) is 16.2. The van der Waals surface area contributed by atoms with E-state index in [0.29, 0.717) is 11.3 Å². The molecule has 0 bridgehead atoms. The van der Waals surface area contributed by atoms with E-state index in [1.54, 1.807) is 0 Å². The molecular formula is C10H10F3N3O4S. The fourth-order valence-corrected chi connectivity index (χ4v) is 2.09. The quantitative estimate of drug-likeness (QED) is 0.707. The molecule has 0 saturated carbocycles. The molecule has 1 atom stereocenters. The van der Waals surface area contributed by atoms with Gasteiger partial charge in [-0.3, -0.25) is 9.59 Å². The standard InChI is InChI=1S/C10H10F3N3O4S/c11-10(12,13)7-6(21-3-15-7)8(18)16-4(9(19)20)1-2-5(14)17/h3-4H,1-2H2,(H2,14,17)(H,16,18)(H,19,20). The van der Waals surface area contributed by atoms with Crippen LogP contribution in [0.3, 0.4) is 0 Å². The summed E-state index contributed by atoms with van der Waals surface area (Å²) in [4.78, 5) is 35.5. The maximum absolute atomic E-state index is 12.6. The highest BCUT2D eigenvalue weighted by molar-refractivity contribution is 7.11. The summed E-state index contributed by atoms with van der Waals surface area (Å²) in [6.07, 6.45) is -5.47. The number of rotatable bonds is 6. The number of nitrogens with two attached hydrogens (primary N) is 1. The molecule has 1 aromatic heterocycles. The predicted octanol–water partition coefficient (Wildman–Crippen LogP) is 0.610. The first kappa shape index (κ1) is 16.9. The summed E-state index contributed by atoms with van der Waals surface area (Å²) in [5.74, 6) is -3.49. The number of hydrogen-bond donors (Lipinski definition) is 3. The van der Waals surface area contributed by atoms with Crippen LogP contribution >= 0.6 is 11.3 Å². The molecule has 0 radical (unpaired) electrons. The molecule has 116 valence electrons. The number of alkyl halides is 3. The van der Waals surface area contributed by atoms with Crippen LogP contribution in [-0.2, 0) is 15.8 Å². The van der Waals surface area contributed by atoms with Crippen molar-refractivity contribution in [1.82, 2.24) is 10.3 Å². The van der Waals surface area contributed by atoms with Crippen molar-refractivity contribution in [3.05, 3.63) is 16.1 Å². The van der Waals surface area contributed by atoms with Gasteiger partial charge in [-0.05, 0) is 6.42 Å². The number of carbonyl (C=O) groups is 3. The van der Waals surface area contributed by atoms with Crippen molar-refractivity contribution in [2.75, 3.05) is 0 Å². The lowest BCUT2D eigenvalue weighted by Gasteiger charge is -2.13. The first-order valence-electron chi connectivity index (χ1n) is 5.45. The normalized spacial score (nSPS) is 12.7. The minimum atomic E-state index is -4.82. The van der Waals surface area contributed by atoms with Gasteiger partial charge in [0.2, 0.25) is 5.91 Å². The second-order valence-electron chi connectivity index (χ2n) is 3.90. The number of carboxylic acids is 1. The second kappa shape index (κ2) is 6.52. The molecule has 7 nitrogen and oxygen atoms in total. The number of hydrogen-bond acceptors (Lipinski definition) is 5. The average Bonchev–Trinajstić information content (AvgIpc) is 2.82. The lowest BCUT2D eigenvalue weighted by atomic mass is 10.1. The molecule has 1 unspecified atom stereocenters. The maximum atomic E-state index is 12.6. The van der Waals surface area contributed by atoms with Gasteiger partial charge in [-0.25, -0.2) is 9.78 Å². The van der Waals surface area contributed by atoms with Crippen LogP contribution in [-0.4, -0.2) is 33.9 Å². The van der Waals surface area contributed by atoms with Gasteiger partial charge in [0.15, 0.2) is 5.69 Å². The SMILES string of the molecule is NC(=O)CCC(NC(=O)c1scnc1C(F)(F)F)C(=O)O. The fraction of sp³-hybridized carbons (Fsp3) is 0.400. The highest BCUT2D eigenvalue weighted by atomic mass is 32.1. The topological polar surface area (TPSA) is 122 Å². The zero-order valence-electron chi connectivity index (χ0n) is 10.3. The lowest BCUT2D eigenvalue weighted by molar-refractivity contribution is -0.141. The van der Waals surface area contributed by atoms with Crippen molar-refractivity contribution >= 4 is 29.1 Å². The minimum absolute atomic E-state index is 0.323. The number of thiazole rings is 1. The summed E-state index contributed by atoms with van der Waals surface area (Å²) in [6, 6.07) is -1.52. The largest absolute Gasteiger partial charge is 0.480 e. The Bertz CT molecular complexity index is 558. The summed E-state index contributed by atoms with van der Waals surface area (Å²) in [7, 11) is 0. The summed E-state index contributed by atoms with van der Waals surface area (Å²) in [5.41, 5.74) is 4.29. The van der Waals surface area contributed by atoms with E-state index in [4.69, 9.17) is 10.8 Å². The zero-order valence-corrected chi connectivity index (χ0v) is 11.1. The van der Waals surface area contributed by atoms with Gasteiger partial charge in [0.1, 0.15) is 10.9 Å². The third kappa shape index (κ3) is 4.70. The Labute approximate surface area is 120 Å². The number of aromatic nitrogens is 1. The van der Waals surface area contributed by atoms with Crippen LogP contribution in [0, 0.1) is 0 Å². The van der Waals surface area contributed by atoms with Gasteiger partial charge in [-0.15, -0.1) is 11.3 Å². The van der Waals surface area contributed by atoms with Gasteiger partial charge < -0.3 is 16.2 Å². The highest BCUT2D eigenvalue weighted by Crippen LogP contribution is 2.32. The van der Waals surface area contributed by atoms with Crippen molar-refractivity contribution in [3.63, 3.8) is 0 Å². The molecule has 0 fully saturated rings. The third-order valence-electron chi connectivity index (χ3n) is 2.33. The van der Waals surface area contributed by atoms with E-state index in [9.17, 15) is 27.6 Å². The lowest BCUT2D eigenvalue weighted by Crippen LogP contribution is -2.41. The molecular weight excluding hydrogens is 315 g/mol. The van der Waals surface area contributed by atoms with Crippen LogP contribution in [0.15, 0.2) is 5.51 Å². The number of halogens is 3. The number of amides is 2. The van der Waals surface area contributed by atoms with Gasteiger partial charge in [-0.2, -0.15) is 13.2 Å². The molecule has 0 aliphatic carbocycles.